The van der Waals surface area contributed by atoms with Gasteiger partial charge in [-0.25, -0.2) is 4.68 Å². The molecule has 3 aromatic carbocycles. The Labute approximate surface area is 255 Å². The Bertz CT molecular complexity index is 1470. The zero-order valence-corrected chi connectivity index (χ0v) is 25.8. The molecule has 0 amide bonds. The number of carbonyl (C=O) groups is 1. The van der Waals surface area contributed by atoms with Crippen molar-refractivity contribution < 1.29 is 44.2 Å². The van der Waals surface area contributed by atoms with Gasteiger partial charge in [-0.1, -0.05) is 61.3 Å². The molecule has 0 saturated heterocycles. The van der Waals surface area contributed by atoms with Crippen LogP contribution in [0, 0.1) is 13.8 Å². The van der Waals surface area contributed by atoms with Crippen LogP contribution in [0.2, 0.25) is 10.0 Å². The number of nitrogens with zero attached hydrogens (tertiary/aromatic N) is 2. The monoisotopic (exact) mass is 559 g/mol. The smallest absolute Gasteiger partial charge is 0.543 e. The number of nitrogens with one attached hydrogen (secondary N) is 1. The number of rotatable bonds is 8. The molecule has 0 aliphatic carbocycles. The van der Waals surface area contributed by atoms with Gasteiger partial charge in [0.05, 0.1) is 24.8 Å². The zero-order chi connectivity index (χ0) is 26.9. The molecule has 4 rings (SSSR count). The van der Waals surface area contributed by atoms with Crippen molar-refractivity contribution in [2.75, 3.05) is 12.4 Å². The second kappa shape index (κ2) is 12.6. The minimum atomic E-state index is -1.37. The number of aryl methyl sites for hydroxylation is 2. The van der Waals surface area contributed by atoms with Gasteiger partial charge in [0.1, 0.15) is 17.1 Å². The minimum Gasteiger partial charge on any atom is -0.543 e. The van der Waals surface area contributed by atoms with E-state index >= 15 is 0 Å². The van der Waals surface area contributed by atoms with E-state index in [1.54, 1.807) is 17.9 Å². The van der Waals surface area contributed by atoms with E-state index in [9.17, 15) is 9.90 Å². The van der Waals surface area contributed by atoms with Crippen molar-refractivity contribution in [1.29, 1.82) is 0 Å². The topological polar surface area (TPSA) is 79.2 Å². The summed E-state index contributed by atoms with van der Waals surface area (Å²) in [6.07, 6.45) is 0. The molecule has 1 aromatic heterocycles. The molecule has 0 radical (unpaired) electrons. The van der Waals surface area contributed by atoms with Gasteiger partial charge < -0.3 is 20.0 Å². The van der Waals surface area contributed by atoms with Gasteiger partial charge in [0.25, 0.3) is 0 Å². The van der Waals surface area contributed by atoms with Crippen LogP contribution >= 0.6 is 23.2 Å². The molecule has 0 aliphatic heterocycles. The Morgan fingerprint density at radius 3 is 2.29 bits per heavy atom. The van der Waals surface area contributed by atoms with Crippen LogP contribution in [-0.2, 0) is 0 Å². The van der Waals surface area contributed by atoms with Crippen molar-refractivity contribution in [1.82, 2.24) is 9.78 Å². The second-order valence-corrected chi connectivity index (χ2v) is 10.1. The Morgan fingerprint density at radius 2 is 1.66 bits per heavy atom. The molecule has 1 atom stereocenters. The third kappa shape index (κ3) is 6.05. The van der Waals surface area contributed by atoms with Crippen molar-refractivity contribution in [2.45, 2.75) is 39.7 Å². The average Bonchev–Trinajstić information content (AvgIpc) is 3.26. The predicted octanol–water partition coefficient (Wildman–Crippen LogP) is 3.50. The molecular weight excluding hydrogens is 532 g/mol. The molecule has 38 heavy (non-hydrogen) atoms. The standard InChI is InChI=1S/C29H29Cl2N3O3.Na/c1-16(2)28-25(27(29(35)36)33-34(28)23-8-6-7-9-24(23)37-5)26(21-13-12-19(30)14-18(21)4)32-22-15-20(31)11-10-17(22)3;/h6-16,26,32H,1-5H3,(H,35,36);/q;+1/p-1. The molecule has 0 spiro atoms. The first-order valence-corrected chi connectivity index (χ1v) is 12.6. The first-order chi connectivity index (χ1) is 17.6. The Hall–Kier alpha value is -2.48. The summed E-state index contributed by atoms with van der Waals surface area (Å²) in [6.45, 7) is 7.91. The van der Waals surface area contributed by atoms with Crippen LogP contribution in [0.4, 0.5) is 5.69 Å². The number of halogens is 2. The SMILES string of the molecule is COc1ccccc1-n1nc(C(=O)[O-])c(C(Nc2cc(Cl)ccc2C)c2ccc(Cl)cc2C)c1C(C)C.[Na+]. The quantitative estimate of drug-likeness (QED) is 0.334. The number of ether oxygens (including phenoxy) is 1. The van der Waals surface area contributed by atoms with Crippen molar-refractivity contribution in [3.8, 4) is 11.4 Å². The molecular formula is C29H28Cl2N3NaO3. The van der Waals surface area contributed by atoms with Crippen LogP contribution in [0.1, 0.15) is 64.2 Å². The number of aromatic nitrogens is 2. The number of aromatic carboxylic acids is 1. The maximum absolute atomic E-state index is 12.6. The summed E-state index contributed by atoms with van der Waals surface area (Å²) in [5.74, 6) is -0.897. The van der Waals surface area contributed by atoms with Crippen molar-refractivity contribution in [3.05, 3.63) is 104 Å². The van der Waals surface area contributed by atoms with Crippen molar-refractivity contribution >= 4 is 34.9 Å². The van der Waals surface area contributed by atoms with Gasteiger partial charge in [0.2, 0.25) is 0 Å². The summed E-state index contributed by atoms with van der Waals surface area (Å²) in [7, 11) is 1.57. The zero-order valence-electron chi connectivity index (χ0n) is 22.3. The fourth-order valence-electron chi connectivity index (χ4n) is 4.60. The summed E-state index contributed by atoms with van der Waals surface area (Å²) in [4.78, 5) is 12.6. The predicted molar refractivity (Wildman–Crippen MR) is 146 cm³/mol. The van der Waals surface area contributed by atoms with E-state index in [1.165, 1.54) is 0 Å². The molecule has 4 aromatic rings. The van der Waals surface area contributed by atoms with E-state index < -0.39 is 12.0 Å². The number of methoxy groups -OCH3 is 1. The van der Waals surface area contributed by atoms with Gasteiger partial charge in [-0.05, 0) is 72.9 Å². The van der Waals surface area contributed by atoms with Crippen molar-refractivity contribution in [2.24, 2.45) is 0 Å². The molecule has 6 nitrogen and oxygen atoms in total. The van der Waals surface area contributed by atoms with E-state index in [-0.39, 0.29) is 41.2 Å². The van der Waals surface area contributed by atoms with Gasteiger partial charge in [-0.2, -0.15) is 5.10 Å². The van der Waals surface area contributed by atoms with Crippen molar-refractivity contribution in [3.63, 3.8) is 0 Å². The number of anilines is 1. The minimum absolute atomic E-state index is 0. The summed E-state index contributed by atoms with van der Waals surface area (Å²) in [5.41, 5.74) is 5.19. The van der Waals surface area contributed by atoms with Gasteiger partial charge in [-0.15, -0.1) is 0 Å². The molecule has 0 bridgehead atoms. The number of carboxylic acids is 1. The summed E-state index contributed by atoms with van der Waals surface area (Å²) < 4.78 is 7.22. The van der Waals surface area contributed by atoms with E-state index in [2.05, 4.69) is 10.4 Å². The van der Waals surface area contributed by atoms with Gasteiger partial charge >= 0.3 is 29.6 Å². The van der Waals surface area contributed by atoms with Crippen LogP contribution in [0.15, 0.2) is 60.7 Å². The number of benzene rings is 3. The molecule has 1 N–H and O–H groups in total. The number of hydrogen-bond acceptors (Lipinski definition) is 5. The maximum Gasteiger partial charge on any atom is 1.00 e. The Balaban J connectivity index is 0.00000400. The fourth-order valence-corrected chi connectivity index (χ4v) is 4.99. The number of carbonyl (C=O) groups excluding carboxylic acids is 1. The number of carboxylic acid groups (broad SMARTS) is 1. The van der Waals surface area contributed by atoms with Crippen LogP contribution < -0.4 is 44.7 Å². The Morgan fingerprint density at radius 1 is 1.00 bits per heavy atom. The van der Waals surface area contributed by atoms with E-state index in [0.29, 0.717) is 27.0 Å². The molecule has 192 valence electrons. The summed E-state index contributed by atoms with van der Waals surface area (Å²) >= 11 is 12.6. The van der Waals surface area contributed by atoms with Crippen LogP contribution in [0.25, 0.3) is 5.69 Å². The fraction of sp³-hybridized carbons (Fsp3) is 0.241. The normalized spacial score (nSPS) is 11.7. The molecule has 9 heteroatoms. The third-order valence-corrected chi connectivity index (χ3v) is 6.81. The van der Waals surface area contributed by atoms with Gasteiger partial charge in [-0.3, -0.25) is 0 Å². The third-order valence-electron chi connectivity index (χ3n) is 6.34. The first-order valence-electron chi connectivity index (χ1n) is 11.9. The average molecular weight is 560 g/mol. The van der Waals surface area contributed by atoms with Crippen LogP contribution in [0.3, 0.4) is 0 Å². The molecule has 0 aliphatic rings. The molecule has 1 heterocycles. The van der Waals surface area contributed by atoms with Gasteiger partial charge in [0, 0.05) is 21.3 Å². The molecule has 0 saturated carbocycles. The summed E-state index contributed by atoms with van der Waals surface area (Å²) in [5, 5.41) is 21.8. The second-order valence-electron chi connectivity index (χ2n) is 9.21. The van der Waals surface area contributed by atoms with E-state index in [4.69, 9.17) is 27.9 Å². The number of para-hydroxylation sites is 2. The largest absolute Gasteiger partial charge is 1.00 e. The van der Waals surface area contributed by atoms with E-state index in [1.807, 2.05) is 82.3 Å². The maximum atomic E-state index is 12.6. The Kier molecular flexibility index (Phi) is 9.96. The first kappa shape index (κ1) is 30.1. The molecule has 0 fully saturated rings. The van der Waals surface area contributed by atoms with Gasteiger partial charge in [0.15, 0.2) is 0 Å². The van der Waals surface area contributed by atoms with Crippen LogP contribution in [0.5, 0.6) is 5.75 Å². The van der Waals surface area contributed by atoms with Crippen LogP contribution in [-0.4, -0.2) is 22.9 Å². The summed E-state index contributed by atoms with van der Waals surface area (Å²) in [6, 6.07) is 17.9. The molecule has 1 unspecified atom stereocenters. The number of hydrogen-bond donors (Lipinski definition) is 1. The van der Waals surface area contributed by atoms with E-state index in [0.717, 1.165) is 28.1 Å².